The Morgan fingerprint density at radius 1 is 1.21 bits per heavy atom. The van der Waals surface area contributed by atoms with Gasteiger partial charge < -0.3 is 10.1 Å². The number of nitrogens with zero attached hydrogens (tertiary/aromatic N) is 1. The molecule has 0 aliphatic carbocycles. The van der Waals surface area contributed by atoms with E-state index in [1.807, 2.05) is 31.2 Å². The summed E-state index contributed by atoms with van der Waals surface area (Å²) in [6.07, 6.45) is 1.73. The first kappa shape index (κ1) is 22.0. The highest BCUT2D eigenvalue weighted by atomic mass is 35.5. The van der Waals surface area contributed by atoms with Crippen LogP contribution in [0.25, 0.3) is 0 Å². The van der Waals surface area contributed by atoms with E-state index in [0.29, 0.717) is 22.7 Å². The number of amides is 1. The summed E-state index contributed by atoms with van der Waals surface area (Å²) in [5, 5.41) is 3.35. The Balaban J connectivity index is 2.22. The van der Waals surface area contributed by atoms with E-state index in [1.165, 1.54) is 0 Å². The lowest BCUT2D eigenvalue weighted by molar-refractivity contribution is -0.120. The molecule has 0 bridgehead atoms. The van der Waals surface area contributed by atoms with Crippen molar-refractivity contribution in [2.45, 2.75) is 26.3 Å². The first-order valence-electron chi connectivity index (χ1n) is 8.83. The molecule has 1 N–H and O–H groups in total. The molecule has 0 saturated heterocycles. The summed E-state index contributed by atoms with van der Waals surface area (Å²) in [6, 6.07) is 12.1. The summed E-state index contributed by atoms with van der Waals surface area (Å²) in [7, 11) is -2.08. The van der Waals surface area contributed by atoms with Crippen molar-refractivity contribution < 1.29 is 17.9 Å². The number of carbonyl (C=O) groups excluding carboxylic acids is 1. The molecule has 1 amide bonds. The fourth-order valence-electron chi connectivity index (χ4n) is 2.88. The Kier molecular flexibility index (Phi) is 7.32. The van der Waals surface area contributed by atoms with E-state index in [4.69, 9.17) is 16.3 Å². The molecule has 6 nitrogen and oxygen atoms in total. The average molecular weight is 425 g/mol. The fourth-order valence-corrected chi connectivity index (χ4v) is 3.95. The quantitative estimate of drug-likeness (QED) is 0.701. The zero-order valence-corrected chi connectivity index (χ0v) is 18.0. The molecule has 0 aromatic heterocycles. The van der Waals surface area contributed by atoms with Crippen molar-refractivity contribution in [1.82, 2.24) is 5.32 Å². The van der Waals surface area contributed by atoms with Gasteiger partial charge in [0.15, 0.2) is 0 Å². The molecule has 2 aromatic carbocycles. The van der Waals surface area contributed by atoms with Crippen LogP contribution < -0.4 is 14.4 Å². The maximum absolute atomic E-state index is 12.7. The first-order chi connectivity index (χ1) is 13.2. The lowest BCUT2D eigenvalue weighted by Crippen LogP contribution is -2.41. The van der Waals surface area contributed by atoms with Crippen LogP contribution in [0, 0.1) is 6.92 Å². The van der Waals surface area contributed by atoms with Crippen LogP contribution in [0.2, 0.25) is 5.02 Å². The Morgan fingerprint density at radius 3 is 2.39 bits per heavy atom. The SMILES string of the molecule is CCC(NC(=O)CN(c1cccc(Cl)c1C)S(C)(=O)=O)c1ccc(OC)cc1. The van der Waals surface area contributed by atoms with Crippen LogP contribution in [0.5, 0.6) is 5.75 Å². The van der Waals surface area contributed by atoms with Crippen LogP contribution in [0.1, 0.15) is 30.5 Å². The van der Waals surface area contributed by atoms with E-state index < -0.39 is 15.9 Å². The maximum atomic E-state index is 12.7. The van der Waals surface area contributed by atoms with Gasteiger partial charge in [0.25, 0.3) is 0 Å². The normalized spacial score (nSPS) is 12.3. The van der Waals surface area contributed by atoms with Crippen LogP contribution in [-0.4, -0.2) is 34.2 Å². The number of methoxy groups -OCH3 is 1. The van der Waals surface area contributed by atoms with Crippen molar-refractivity contribution >= 4 is 33.2 Å². The van der Waals surface area contributed by atoms with Crippen molar-refractivity contribution in [2.75, 3.05) is 24.2 Å². The molecule has 0 saturated carbocycles. The second kappa shape index (κ2) is 9.30. The maximum Gasteiger partial charge on any atom is 0.241 e. The number of ether oxygens (including phenoxy) is 1. The van der Waals surface area contributed by atoms with E-state index in [2.05, 4.69) is 5.32 Å². The molecule has 152 valence electrons. The van der Waals surface area contributed by atoms with E-state index in [0.717, 1.165) is 21.9 Å². The standard InChI is InChI=1S/C20H25ClN2O4S/c1-5-18(15-9-11-16(27-3)12-10-15)22-20(24)13-23(28(4,25)26)19-8-6-7-17(21)14(19)2/h6-12,18H,5,13H2,1-4H3,(H,22,24). The number of sulfonamides is 1. The number of hydrogen-bond acceptors (Lipinski definition) is 4. The molecule has 0 heterocycles. The molecule has 2 aromatic rings. The summed E-state index contributed by atoms with van der Waals surface area (Å²) in [5.74, 6) is 0.331. The zero-order chi connectivity index (χ0) is 20.9. The second-order valence-corrected chi connectivity index (χ2v) is 8.77. The molecule has 1 atom stereocenters. The summed E-state index contributed by atoms with van der Waals surface area (Å²) < 4.78 is 30.9. The predicted molar refractivity (Wildman–Crippen MR) is 113 cm³/mol. The lowest BCUT2D eigenvalue weighted by Gasteiger charge is -2.25. The van der Waals surface area contributed by atoms with Crippen molar-refractivity contribution in [3.05, 3.63) is 58.6 Å². The highest BCUT2D eigenvalue weighted by Gasteiger charge is 2.24. The van der Waals surface area contributed by atoms with Crippen molar-refractivity contribution in [2.24, 2.45) is 0 Å². The van der Waals surface area contributed by atoms with Gasteiger partial charge in [-0.05, 0) is 48.7 Å². The van der Waals surface area contributed by atoms with Gasteiger partial charge in [-0.1, -0.05) is 36.7 Å². The number of halogens is 1. The zero-order valence-electron chi connectivity index (χ0n) is 16.4. The van der Waals surface area contributed by atoms with Gasteiger partial charge in [0.1, 0.15) is 12.3 Å². The topological polar surface area (TPSA) is 75.7 Å². The summed E-state index contributed by atoms with van der Waals surface area (Å²) in [6.45, 7) is 3.34. The van der Waals surface area contributed by atoms with Gasteiger partial charge in [0.05, 0.1) is 25.1 Å². The fraction of sp³-hybridized carbons (Fsp3) is 0.350. The van der Waals surface area contributed by atoms with Crippen LogP contribution >= 0.6 is 11.6 Å². The lowest BCUT2D eigenvalue weighted by atomic mass is 10.0. The van der Waals surface area contributed by atoms with Crippen LogP contribution in [0.3, 0.4) is 0 Å². The number of anilines is 1. The molecule has 0 fully saturated rings. The van der Waals surface area contributed by atoms with Gasteiger partial charge >= 0.3 is 0 Å². The summed E-state index contributed by atoms with van der Waals surface area (Å²) in [4.78, 5) is 12.7. The van der Waals surface area contributed by atoms with Crippen molar-refractivity contribution in [1.29, 1.82) is 0 Å². The van der Waals surface area contributed by atoms with Gasteiger partial charge in [0.2, 0.25) is 15.9 Å². The van der Waals surface area contributed by atoms with Gasteiger partial charge in [0, 0.05) is 5.02 Å². The molecule has 0 aliphatic heterocycles. The van der Waals surface area contributed by atoms with Gasteiger partial charge in [-0.2, -0.15) is 0 Å². The molecule has 0 aliphatic rings. The largest absolute Gasteiger partial charge is 0.497 e. The predicted octanol–water partition coefficient (Wildman–Crippen LogP) is 3.69. The molecule has 0 spiro atoms. The van der Waals surface area contributed by atoms with Crippen LogP contribution in [0.15, 0.2) is 42.5 Å². The number of carbonyl (C=O) groups is 1. The third-order valence-corrected chi connectivity index (χ3v) is 5.99. The smallest absolute Gasteiger partial charge is 0.241 e. The minimum atomic E-state index is -3.67. The molecule has 8 heteroatoms. The van der Waals surface area contributed by atoms with E-state index in [1.54, 1.807) is 32.2 Å². The Morgan fingerprint density at radius 2 is 1.86 bits per heavy atom. The average Bonchev–Trinajstić information content (AvgIpc) is 2.66. The number of benzene rings is 2. The summed E-state index contributed by atoms with van der Waals surface area (Å²) in [5.41, 5.74) is 1.91. The van der Waals surface area contributed by atoms with Gasteiger partial charge in [-0.15, -0.1) is 0 Å². The molecule has 0 radical (unpaired) electrons. The number of rotatable bonds is 8. The van der Waals surface area contributed by atoms with E-state index >= 15 is 0 Å². The van der Waals surface area contributed by atoms with Crippen molar-refractivity contribution in [3.63, 3.8) is 0 Å². The molecule has 1 unspecified atom stereocenters. The molecule has 2 rings (SSSR count). The minimum Gasteiger partial charge on any atom is -0.497 e. The summed E-state index contributed by atoms with van der Waals surface area (Å²) >= 11 is 6.12. The molecular formula is C20H25ClN2O4S. The highest BCUT2D eigenvalue weighted by Crippen LogP contribution is 2.28. The minimum absolute atomic E-state index is 0.236. The third kappa shape index (κ3) is 5.39. The van der Waals surface area contributed by atoms with Gasteiger partial charge in [-0.25, -0.2) is 8.42 Å². The van der Waals surface area contributed by atoms with Crippen molar-refractivity contribution in [3.8, 4) is 5.75 Å². The van der Waals surface area contributed by atoms with E-state index in [-0.39, 0.29) is 12.6 Å². The molecular weight excluding hydrogens is 400 g/mol. The van der Waals surface area contributed by atoms with Crippen LogP contribution in [-0.2, 0) is 14.8 Å². The second-order valence-electron chi connectivity index (χ2n) is 6.46. The molecule has 28 heavy (non-hydrogen) atoms. The Bertz CT molecular complexity index is 930. The third-order valence-electron chi connectivity index (χ3n) is 4.46. The van der Waals surface area contributed by atoms with Gasteiger partial charge in [-0.3, -0.25) is 9.10 Å². The Labute approximate surface area is 171 Å². The first-order valence-corrected chi connectivity index (χ1v) is 11.1. The number of nitrogens with one attached hydrogen (secondary N) is 1. The Hall–Kier alpha value is -2.25. The highest BCUT2D eigenvalue weighted by molar-refractivity contribution is 7.92. The number of hydrogen-bond donors (Lipinski definition) is 1. The monoisotopic (exact) mass is 424 g/mol. The van der Waals surface area contributed by atoms with Crippen LogP contribution in [0.4, 0.5) is 5.69 Å². The van der Waals surface area contributed by atoms with E-state index in [9.17, 15) is 13.2 Å².